The molecule has 2 heterocycles. The Labute approximate surface area is 143 Å². The van der Waals surface area contributed by atoms with E-state index in [1.54, 1.807) is 0 Å². The van der Waals surface area contributed by atoms with Crippen molar-refractivity contribution in [3.8, 4) is 5.88 Å². The molecule has 3 rings (SSSR count). The number of ether oxygens (including phenoxy) is 1. The van der Waals surface area contributed by atoms with Gasteiger partial charge < -0.3 is 14.7 Å². The van der Waals surface area contributed by atoms with E-state index in [0.29, 0.717) is 12.5 Å². The standard InChI is InChI=1S/C17H23N3O2.ClH/c1-13-18-15-7-4-3-6-14(15)16(19-13)22-11-5-9-20-10-8-17(2,21)12-20;/h3-4,6-7,21H,5,8-12H2,1-2H3;1H. The maximum atomic E-state index is 9.96. The van der Waals surface area contributed by atoms with E-state index in [-0.39, 0.29) is 12.4 Å². The van der Waals surface area contributed by atoms with Gasteiger partial charge in [-0.1, -0.05) is 12.1 Å². The minimum Gasteiger partial charge on any atom is -0.477 e. The van der Waals surface area contributed by atoms with Crippen molar-refractivity contribution in [3.63, 3.8) is 0 Å². The van der Waals surface area contributed by atoms with Crippen LogP contribution in [0.5, 0.6) is 5.88 Å². The number of hydrogen-bond donors (Lipinski definition) is 1. The van der Waals surface area contributed by atoms with Gasteiger partial charge in [-0.3, -0.25) is 0 Å². The van der Waals surface area contributed by atoms with E-state index in [1.807, 2.05) is 38.1 Å². The van der Waals surface area contributed by atoms with Crippen molar-refractivity contribution in [2.24, 2.45) is 0 Å². The van der Waals surface area contributed by atoms with Gasteiger partial charge in [0, 0.05) is 19.6 Å². The van der Waals surface area contributed by atoms with Crippen molar-refractivity contribution in [2.45, 2.75) is 32.3 Å². The van der Waals surface area contributed by atoms with Gasteiger partial charge >= 0.3 is 0 Å². The lowest BCUT2D eigenvalue weighted by Gasteiger charge is -2.18. The largest absolute Gasteiger partial charge is 0.477 e. The summed E-state index contributed by atoms with van der Waals surface area (Å²) < 4.78 is 5.87. The van der Waals surface area contributed by atoms with Crippen molar-refractivity contribution in [1.82, 2.24) is 14.9 Å². The Morgan fingerprint density at radius 1 is 1.30 bits per heavy atom. The first-order valence-electron chi connectivity index (χ1n) is 7.84. The number of aryl methyl sites for hydroxylation is 1. The van der Waals surface area contributed by atoms with Crippen LogP contribution in [0.15, 0.2) is 24.3 Å². The molecule has 0 radical (unpaired) electrons. The fraction of sp³-hybridized carbons (Fsp3) is 0.529. The van der Waals surface area contributed by atoms with Crippen LogP contribution in [-0.2, 0) is 0 Å². The summed E-state index contributed by atoms with van der Waals surface area (Å²) in [5.41, 5.74) is 0.390. The van der Waals surface area contributed by atoms with Crippen LogP contribution in [-0.4, -0.2) is 51.8 Å². The number of hydrogen-bond acceptors (Lipinski definition) is 5. The molecule has 1 atom stereocenters. The van der Waals surface area contributed by atoms with E-state index < -0.39 is 5.60 Å². The Morgan fingerprint density at radius 2 is 2.09 bits per heavy atom. The van der Waals surface area contributed by atoms with Crippen LogP contribution in [0, 0.1) is 6.92 Å². The number of aliphatic hydroxyl groups is 1. The minimum absolute atomic E-state index is 0. The predicted octanol–water partition coefficient (Wildman–Crippen LogP) is 2.59. The van der Waals surface area contributed by atoms with E-state index in [9.17, 15) is 5.11 Å². The van der Waals surface area contributed by atoms with E-state index in [0.717, 1.165) is 49.2 Å². The first-order chi connectivity index (χ1) is 10.5. The Balaban J connectivity index is 0.00000192. The number of fused-ring (bicyclic) bond motifs is 1. The first-order valence-corrected chi connectivity index (χ1v) is 7.84. The summed E-state index contributed by atoms with van der Waals surface area (Å²) in [5, 5.41) is 10.9. The van der Waals surface area contributed by atoms with Gasteiger partial charge in [0.05, 0.1) is 23.1 Å². The molecule has 0 spiro atoms. The quantitative estimate of drug-likeness (QED) is 0.850. The van der Waals surface area contributed by atoms with Gasteiger partial charge in [0.15, 0.2) is 0 Å². The highest BCUT2D eigenvalue weighted by atomic mass is 35.5. The number of halogens is 1. The van der Waals surface area contributed by atoms with Gasteiger partial charge in [-0.2, -0.15) is 4.98 Å². The van der Waals surface area contributed by atoms with Gasteiger partial charge in [0.1, 0.15) is 5.82 Å². The normalized spacial score (nSPS) is 21.3. The number of rotatable bonds is 5. The van der Waals surface area contributed by atoms with Crippen LogP contribution >= 0.6 is 12.4 Å². The summed E-state index contributed by atoms with van der Waals surface area (Å²) >= 11 is 0. The maximum absolute atomic E-state index is 9.96. The molecule has 1 aromatic heterocycles. The monoisotopic (exact) mass is 337 g/mol. The zero-order valence-electron chi connectivity index (χ0n) is 13.7. The number of β-amino-alcohol motifs (C(OH)–C–C–N with tert-alkyl or cyclic N) is 1. The van der Waals surface area contributed by atoms with Gasteiger partial charge in [-0.25, -0.2) is 4.98 Å². The van der Waals surface area contributed by atoms with Crippen LogP contribution in [0.25, 0.3) is 10.9 Å². The van der Waals surface area contributed by atoms with Crippen LogP contribution in [0.4, 0.5) is 0 Å². The molecular formula is C17H24ClN3O2. The van der Waals surface area contributed by atoms with Crippen molar-refractivity contribution in [1.29, 1.82) is 0 Å². The summed E-state index contributed by atoms with van der Waals surface area (Å²) in [5.74, 6) is 1.39. The van der Waals surface area contributed by atoms with Crippen LogP contribution in [0.3, 0.4) is 0 Å². The molecule has 1 fully saturated rings. The Morgan fingerprint density at radius 3 is 2.83 bits per heavy atom. The molecule has 0 aliphatic carbocycles. The molecule has 1 unspecified atom stereocenters. The Bertz CT molecular complexity index is 663. The third kappa shape index (κ3) is 4.53. The molecule has 2 aromatic rings. The SMILES string of the molecule is Cc1nc(OCCCN2CCC(C)(O)C2)c2ccccc2n1.Cl. The number of benzene rings is 1. The fourth-order valence-corrected chi connectivity index (χ4v) is 2.96. The van der Waals surface area contributed by atoms with E-state index in [1.165, 1.54) is 0 Å². The molecule has 6 heteroatoms. The highest BCUT2D eigenvalue weighted by molar-refractivity contribution is 5.85. The lowest BCUT2D eigenvalue weighted by Crippen LogP contribution is -2.30. The molecule has 23 heavy (non-hydrogen) atoms. The smallest absolute Gasteiger partial charge is 0.224 e. The molecular weight excluding hydrogens is 314 g/mol. The molecule has 1 aromatic carbocycles. The van der Waals surface area contributed by atoms with Crippen molar-refractivity contribution in [2.75, 3.05) is 26.2 Å². The Hall–Kier alpha value is -1.43. The minimum atomic E-state index is -0.527. The summed E-state index contributed by atoms with van der Waals surface area (Å²) in [6, 6.07) is 7.91. The molecule has 1 N–H and O–H groups in total. The molecule has 1 saturated heterocycles. The average Bonchev–Trinajstić information content (AvgIpc) is 2.82. The van der Waals surface area contributed by atoms with Crippen molar-refractivity contribution >= 4 is 23.3 Å². The highest BCUT2D eigenvalue weighted by Gasteiger charge is 2.30. The summed E-state index contributed by atoms with van der Waals surface area (Å²) in [6.07, 6.45) is 1.77. The lowest BCUT2D eigenvalue weighted by atomic mass is 10.1. The zero-order valence-corrected chi connectivity index (χ0v) is 14.5. The topological polar surface area (TPSA) is 58.5 Å². The second-order valence-corrected chi connectivity index (χ2v) is 6.32. The molecule has 5 nitrogen and oxygen atoms in total. The fourth-order valence-electron chi connectivity index (χ4n) is 2.96. The third-order valence-electron chi connectivity index (χ3n) is 4.07. The summed E-state index contributed by atoms with van der Waals surface area (Å²) in [4.78, 5) is 11.1. The van der Waals surface area contributed by atoms with E-state index >= 15 is 0 Å². The summed E-state index contributed by atoms with van der Waals surface area (Å²) in [6.45, 7) is 7.06. The van der Waals surface area contributed by atoms with Gasteiger partial charge in [-0.15, -0.1) is 12.4 Å². The average molecular weight is 338 g/mol. The second kappa shape index (κ2) is 7.43. The van der Waals surface area contributed by atoms with Crippen LogP contribution in [0.2, 0.25) is 0 Å². The van der Waals surface area contributed by atoms with Gasteiger partial charge in [0.2, 0.25) is 5.88 Å². The third-order valence-corrected chi connectivity index (χ3v) is 4.07. The number of nitrogens with zero attached hydrogens (tertiary/aromatic N) is 3. The molecule has 1 aliphatic rings. The van der Waals surface area contributed by atoms with E-state index in [4.69, 9.17) is 4.74 Å². The number of likely N-dealkylation sites (tertiary alicyclic amines) is 1. The van der Waals surface area contributed by atoms with Crippen LogP contribution < -0.4 is 4.74 Å². The lowest BCUT2D eigenvalue weighted by molar-refractivity contribution is 0.0681. The highest BCUT2D eigenvalue weighted by Crippen LogP contribution is 2.23. The van der Waals surface area contributed by atoms with Crippen molar-refractivity contribution in [3.05, 3.63) is 30.1 Å². The maximum Gasteiger partial charge on any atom is 0.224 e. The van der Waals surface area contributed by atoms with Gasteiger partial charge in [0.25, 0.3) is 0 Å². The summed E-state index contributed by atoms with van der Waals surface area (Å²) in [7, 11) is 0. The molecule has 0 bridgehead atoms. The zero-order chi connectivity index (χ0) is 15.6. The van der Waals surface area contributed by atoms with Gasteiger partial charge in [-0.05, 0) is 38.8 Å². The second-order valence-electron chi connectivity index (χ2n) is 6.32. The molecule has 0 amide bonds. The molecule has 126 valence electrons. The van der Waals surface area contributed by atoms with E-state index in [2.05, 4.69) is 14.9 Å². The van der Waals surface area contributed by atoms with Crippen molar-refractivity contribution < 1.29 is 9.84 Å². The number of para-hydroxylation sites is 1. The molecule has 0 saturated carbocycles. The predicted molar refractivity (Wildman–Crippen MR) is 93.3 cm³/mol. The Kier molecular flexibility index (Phi) is 5.79. The first kappa shape index (κ1) is 17.9. The van der Waals surface area contributed by atoms with Crippen LogP contribution in [0.1, 0.15) is 25.6 Å². The number of aromatic nitrogens is 2. The molecule has 1 aliphatic heterocycles.